The quantitative estimate of drug-likeness (QED) is 0.355. The van der Waals surface area contributed by atoms with Gasteiger partial charge in [0.2, 0.25) is 0 Å². The lowest BCUT2D eigenvalue weighted by atomic mass is 10.3. The molecule has 0 bridgehead atoms. The standard InChI is InChI=1S/C17H30N4O5/c1-26-17(25)16-21-8-6-19(11-14-23)4-2-18(10-13-22)3-5-20(7-9-21)12-15-24/h13-15H,2-12,16H2,1H3. The highest BCUT2D eigenvalue weighted by Gasteiger charge is 2.17. The number of nitrogens with zero attached hydrogens (tertiary/aromatic N) is 4. The second-order valence-electron chi connectivity index (χ2n) is 6.25. The van der Waals surface area contributed by atoms with Crippen LogP contribution in [0.3, 0.4) is 0 Å². The van der Waals surface area contributed by atoms with Crippen molar-refractivity contribution >= 4 is 24.8 Å². The van der Waals surface area contributed by atoms with Gasteiger partial charge in [-0.3, -0.25) is 24.4 Å². The molecule has 0 aliphatic carbocycles. The molecule has 0 spiro atoms. The number of hydrogen-bond acceptors (Lipinski definition) is 9. The van der Waals surface area contributed by atoms with E-state index in [1.807, 2.05) is 19.6 Å². The molecular weight excluding hydrogens is 340 g/mol. The predicted octanol–water partition coefficient (Wildman–Crippen LogP) is -2.02. The molecule has 0 radical (unpaired) electrons. The monoisotopic (exact) mass is 370 g/mol. The zero-order valence-corrected chi connectivity index (χ0v) is 15.5. The minimum absolute atomic E-state index is 0.178. The highest BCUT2D eigenvalue weighted by Crippen LogP contribution is 2.00. The number of aldehydes is 3. The highest BCUT2D eigenvalue weighted by atomic mass is 16.5. The predicted molar refractivity (Wildman–Crippen MR) is 96.0 cm³/mol. The first-order valence-electron chi connectivity index (χ1n) is 8.90. The molecule has 1 heterocycles. The van der Waals surface area contributed by atoms with E-state index in [0.29, 0.717) is 72.0 Å². The zero-order chi connectivity index (χ0) is 19.2. The second-order valence-corrected chi connectivity index (χ2v) is 6.25. The van der Waals surface area contributed by atoms with E-state index in [1.54, 1.807) is 0 Å². The maximum atomic E-state index is 11.6. The van der Waals surface area contributed by atoms with E-state index in [-0.39, 0.29) is 12.5 Å². The summed E-state index contributed by atoms with van der Waals surface area (Å²) in [5.74, 6) is -0.307. The largest absolute Gasteiger partial charge is 0.468 e. The zero-order valence-electron chi connectivity index (χ0n) is 15.5. The Morgan fingerprint density at radius 2 is 1.00 bits per heavy atom. The van der Waals surface area contributed by atoms with Gasteiger partial charge < -0.3 is 19.1 Å². The van der Waals surface area contributed by atoms with Crippen LogP contribution in [0.15, 0.2) is 0 Å². The Balaban J connectivity index is 2.80. The van der Waals surface area contributed by atoms with Gasteiger partial charge >= 0.3 is 5.97 Å². The van der Waals surface area contributed by atoms with Crippen molar-refractivity contribution in [2.45, 2.75) is 0 Å². The summed E-state index contributed by atoms with van der Waals surface area (Å²) in [6.45, 7) is 6.30. The van der Waals surface area contributed by atoms with E-state index < -0.39 is 0 Å². The molecule has 0 saturated carbocycles. The molecule has 9 heteroatoms. The van der Waals surface area contributed by atoms with Crippen LogP contribution < -0.4 is 0 Å². The van der Waals surface area contributed by atoms with Gasteiger partial charge in [0.05, 0.1) is 33.3 Å². The number of hydrogen-bond donors (Lipinski definition) is 0. The average molecular weight is 370 g/mol. The molecule has 0 atom stereocenters. The molecule has 148 valence electrons. The molecule has 1 saturated heterocycles. The Morgan fingerprint density at radius 3 is 1.27 bits per heavy atom. The summed E-state index contributed by atoms with van der Waals surface area (Å²) in [6, 6.07) is 0. The number of esters is 1. The third kappa shape index (κ3) is 9.14. The van der Waals surface area contributed by atoms with Gasteiger partial charge in [-0.2, -0.15) is 0 Å². The number of carbonyl (C=O) groups is 4. The molecule has 0 amide bonds. The molecule has 0 aromatic carbocycles. The van der Waals surface area contributed by atoms with Crippen molar-refractivity contribution in [2.75, 3.05) is 85.6 Å². The van der Waals surface area contributed by atoms with E-state index >= 15 is 0 Å². The Bertz CT molecular complexity index is 423. The van der Waals surface area contributed by atoms with E-state index in [4.69, 9.17) is 4.74 Å². The van der Waals surface area contributed by atoms with Crippen LogP contribution in [-0.4, -0.2) is 130 Å². The number of methoxy groups -OCH3 is 1. The van der Waals surface area contributed by atoms with Crippen molar-refractivity contribution < 1.29 is 23.9 Å². The number of ether oxygens (including phenoxy) is 1. The number of rotatable bonds is 8. The fourth-order valence-electron chi connectivity index (χ4n) is 2.85. The summed E-state index contributed by atoms with van der Waals surface area (Å²) in [5, 5.41) is 0. The Labute approximate surface area is 154 Å². The van der Waals surface area contributed by atoms with Crippen LogP contribution in [0.5, 0.6) is 0 Å². The first-order chi connectivity index (χ1) is 12.6. The Kier molecular flexibility index (Phi) is 11.6. The highest BCUT2D eigenvalue weighted by molar-refractivity contribution is 5.71. The van der Waals surface area contributed by atoms with E-state index in [1.165, 1.54) is 7.11 Å². The van der Waals surface area contributed by atoms with Gasteiger partial charge in [-0.25, -0.2) is 0 Å². The van der Waals surface area contributed by atoms with Crippen LogP contribution in [0.2, 0.25) is 0 Å². The molecule has 1 aliphatic rings. The third-order valence-electron chi connectivity index (χ3n) is 4.51. The van der Waals surface area contributed by atoms with E-state index in [9.17, 15) is 19.2 Å². The van der Waals surface area contributed by atoms with Crippen molar-refractivity contribution in [3.05, 3.63) is 0 Å². The summed E-state index contributed by atoms with van der Waals surface area (Å²) >= 11 is 0. The van der Waals surface area contributed by atoms with Crippen molar-refractivity contribution in [3.63, 3.8) is 0 Å². The molecule has 1 fully saturated rings. The van der Waals surface area contributed by atoms with Crippen LogP contribution in [0.25, 0.3) is 0 Å². The molecule has 0 N–H and O–H groups in total. The lowest BCUT2D eigenvalue weighted by Crippen LogP contribution is -2.47. The summed E-state index contributed by atoms with van der Waals surface area (Å²) in [7, 11) is 1.36. The van der Waals surface area contributed by atoms with Crippen molar-refractivity contribution in [1.82, 2.24) is 19.6 Å². The molecule has 0 unspecified atom stereocenters. The normalized spacial score (nSPS) is 19.9. The minimum atomic E-state index is -0.307. The first kappa shape index (κ1) is 22.4. The van der Waals surface area contributed by atoms with Crippen molar-refractivity contribution in [1.29, 1.82) is 0 Å². The van der Waals surface area contributed by atoms with Gasteiger partial charge in [-0.05, 0) is 0 Å². The van der Waals surface area contributed by atoms with Gasteiger partial charge in [-0.15, -0.1) is 0 Å². The van der Waals surface area contributed by atoms with Gasteiger partial charge in [0, 0.05) is 52.4 Å². The van der Waals surface area contributed by atoms with Gasteiger partial charge in [0.15, 0.2) is 0 Å². The van der Waals surface area contributed by atoms with Crippen LogP contribution >= 0.6 is 0 Å². The lowest BCUT2D eigenvalue weighted by Gasteiger charge is -2.32. The van der Waals surface area contributed by atoms with Crippen molar-refractivity contribution in [2.24, 2.45) is 0 Å². The Hall–Kier alpha value is -1.68. The summed E-state index contributed by atoms with van der Waals surface area (Å²) in [4.78, 5) is 52.5. The summed E-state index contributed by atoms with van der Waals surface area (Å²) < 4.78 is 4.76. The Morgan fingerprint density at radius 1 is 0.692 bits per heavy atom. The molecule has 1 aliphatic heterocycles. The fraction of sp³-hybridized carbons (Fsp3) is 0.765. The van der Waals surface area contributed by atoms with Gasteiger partial charge in [0.25, 0.3) is 0 Å². The average Bonchev–Trinajstić information content (AvgIpc) is 2.63. The maximum Gasteiger partial charge on any atom is 0.319 e. The fourth-order valence-corrected chi connectivity index (χ4v) is 2.85. The first-order valence-corrected chi connectivity index (χ1v) is 8.90. The van der Waals surface area contributed by atoms with Crippen LogP contribution in [0.1, 0.15) is 0 Å². The molecular formula is C17H30N4O5. The summed E-state index contributed by atoms with van der Waals surface area (Å²) in [6.07, 6.45) is 2.61. The van der Waals surface area contributed by atoms with Gasteiger partial charge in [0.1, 0.15) is 18.9 Å². The molecule has 9 nitrogen and oxygen atoms in total. The van der Waals surface area contributed by atoms with Crippen LogP contribution in [0.4, 0.5) is 0 Å². The number of carbonyl (C=O) groups excluding carboxylic acids is 4. The van der Waals surface area contributed by atoms with E-state index in [0.717, 1.165) is 18.9 Å². The lowest BCUT2D eigenvalue weighted by molar-refractivity contribution is -0.142. The van der Waals surface area contributed by atoms with E-state index in [2.05, 4.69) is 0 Å². The van der Waals surface area contributed by atoms with Gasteiger partial charge in [-0.1, -0.05) is 0 Å². The van der Waals surface area contributed by atoms with Crippen LogP contribution in [-0.2, 0) is 23.9 Å². The smallest absolute Gasteiger partial charge is 0.319 e. The second kappa shape index (κ2) is 13.5. The maximum absolute atomic E-state index is 11.6. The molecule has 1 rings (SSSR count). The minimum Gasteiger partial charge on any atom is -0.468 e. The van der Waals surface area contributed by atoms with Crippen LogP contribution in [0, 0.1) is 0 Å². The topological polar surface area (TPSA) is 90.5 Å². The third-order valence-corrected chi connectivity index (χ3v) is 4.51. The van der Waals surface area contributed by atoms with Crippen molar-refractivity contribution in [3.8, 4) is 0 Å². The summed E-state index contributed by atoms with van der Waals surface area (Å²) in [5.41, 5.74) is 0. The molecule has 0 aromatic rings. The molecule has 26 heavy (non-hydrogen) atoms. The molecule has 0 aromatic heterocycles. The SMILES string of the molecule is COC(=O)CN1CCN(CC=O)CCN(CC=O)CCN(CC=O)CC1.